The number of esters is 1. The molecule has 7 nitrogen and oxygen atoms in total. The zero-order valence-electron chi connectivity index (χ0n) is 18.6. The second-order valence-corrected chi connectivity index (χ2v) is 11.2. The molecule has 0 aromatic rings. The van der Waals surface area contributed by atoms with E-state index in [0.29, 0.717) is 25.2 Å². The summed E-state index contributed by atoms with van der Waals surface area (Å²) in [5.41, 5.74) is 0.0541. The molecule has 3 unspecified atom stereocenters. The molecule has 31 heavy (non-hydrogen) atoms. The smallest absolute Gasteiger partial charge is 0.314 e. The van der Waals surface area contributed by atoms with E-state index < -0.39 is 5.60 Å². The van der Waals surface area contributed by atoms with Crippen LogP contribution in [-0.2, 0) is 19.1 Å². The Labute approximate surface area is 182 Å². The van der Waals surface area contributed by atoms with Crippen LogP contribution in [0.4, 0.5) is 4.79 Å². The van der Waals surface area contributed by atoms with Crippen molar-refractivity contribution >= 4 is 17.8 Å². The molecule has 2 N–H and O–H groups in total. The summed E-state index contributed by atoms with van der Waals surface area (Å²) in [5.74, 6) is 0.538. The van der Waals surface area contributed by atoms with Crippen LogP contribution in [0.25, 0.3) is 0 Å². The van der Waals surface area contributed by atoms with Crippen LogP contribution in [0.3, 0.4) is 0 Å². The Bertz CT molecular complexity index is 931. The third-order valence-electron chi connectivity index (χ3n) is 10.3. The first-order valence-electron chi connectivity index (χ1n) is 11.8. The normalized spacial score (nSPS) is 51.8. The number of carbonyl (C=O) groups excluding carboxylic acids is 3. The summed E-state index contributed by atoms with van der Waals surface area (Å²) in [6.07, 6.45) is 7.98. The molecule has 6 rings (SSSR count). The maximum absolute atomic E-state index is 12.4. The van der Waals surface area contributed by atoms with Gasteiger partial charge in [0.05, 0.1) is 6.10 Å². The van der Waals surface area contributed by atoms with E-state index in [2.05, 4.69) is 24.5 Å². The van der Waals surface area contributed by atoms with Crippen LogP contribution in [0, 0.1) is 22.7 Å². The fourth-order valence-corrected chi connectivity index (χ4v) is 8.69. The molecule has 2 aliphatic heterocycles. The molecular weight excluding hydrogens is 396 g/mol. The van der Waals surface area contributed by atoms with Gasteiger partial charge in [0.2, 0.25) is 0 Å². The van der Waals surface area contributed by atoms with Crippen molar-refractivity contribution in [1.29, 1.82) is 0 Å². The number of urea groups is 1. The third-order valence-corrected chi connectivity index (χ3v) is 10.3. The molecule has 2 spiro atoms. The van der Waals surface area contributed by atoms with Crippen molar-refractivity contribution < 1.29 is 23.9 Å². The van der Waals surface area contributed by atoms with Crippen molar-refractivity contribution in [2.45, 2.75) is 88.6 Å². The van der Waals surface area contributed by atoms with Gasteiger partial charge in [-0.15, -0.1) is 0 Å². The van der Waals surface area contributed by atoms with E-state index in [4.69, 9.17) is 9.47 Å². The van der Waals surface area contributed by atoms with Gasteiger partial charge in [-0.1, -0.05) is 19.4 Å². The highest BCUT2D eigenvalue weighted by Crippen LogP contribution is 2.77. The summed E-state index contributed by atoms with van der Waals surface area (Å²) in [4.78, 5) is 36.9. The van der Waals surface area contributed by atoms with Gasteiger partial charge in [-0.2, -0.15) is 0 Å². The van der Waals surface area contributed by atoms with E-state index in [1.165, 1.54) is 0 Å². The Hall–Kier alpha value is -1.89. The van der Waals surface area contributed by atoms with Gasteiger partial charge in [-0.25, -0.2) is 4.79 Å². The highest BCUT2D eigenvalue weighted by molar-refractivity contribution is 5.92. The zero-order valence-corrected chi connectivity index (χ0v) is 18.6. The second-order valence-electron chi connectivity index (χ2n) is 11.2. The number of epoxide rings is 1. The summed E-state index contributed by atoms with van der Waals surface area (Å²) < 4.78 is 12.7. The lowest BCUT2D eigenvalue weighted by molar-refractivity contribution is -0.165. The fraction of sp³-hybridized carbons (Fsp3) is 0.792. The van der Waals surface area contributed by atoms with Crippen LogP contribution >= 0.6 is 0 Å². The first-order valence-corrected chi connectivity index (χ1v) is 11.8. The molecule has 3 saturated carbocycles. The Morgan fingerprint density at radius 1 is 1.16 bits per heavy atom. The lowest BCUT2D eigenvalue weighted by Gasteiger charge is -2.59. The molecule has 0 bridgehead atoms. The molecule has 5 fully saturated rings. The Morgan fingerprint density at radius 3 is 2.68 bits per heavy atom. The number of hydrogen-bond acceptors (Lipinski definition) is 5. The standard InChI is InChI=1S/C24H32N2O5/c1-21-7-4-14(27)10-13(21)11-16(26-20(29)25-3)19-15-5-8-23(9-6-18(28)31-23)22(15,2)12-17-24(19,21)30-17/h10,15-17,19H,4-9,11-12H2,1-3H3,(H2,25,26,29)/t15?,16?,17-,19?,21+,22+,23-,24-/m1/s1. The predicted octanol–water partition coefficient (Wildman–Crippen LogP) is 2.63. The summed E-state index contributed by atoms with van der Waals surface area (Å²) in [6.45, 7) is 4.57. The van der Waals surface area contributed by atoms with Gasteiger partial charge in [0.15, 0.2) is 5.78 Å². The third kappa shape index (κ3) is 2.21. The van der Waals surface area contributed by atoms with Gasteiger partial charge in [0.25, 0.3) is 0 Å². The number of carbonyl (C=O) groups is 3. The molecule has 0 aromatic heterocycles. The molecule has 8 atom stereocenters. The van der Waals surface area contributed by atoms with Gasteiger partial charge in [-0.05, 0) is 50.5 Å². The molecule has 4 aliphatic carbocycles. The average molecular weight is 429 g/mol. The number of nitrogens with one attached hydrogen (secondary N) is 2. The summed E-state index contributed by atoms with van der Waals surface area (Å²) in [7, 11) is 1.63. The molecule has 0 radical (unpaired) electrons. The van der Waals surface area contributed by atoms with Crippen molar-refractivity contribution in [1.82, 2.24) is 10.6 Å². The van der Waals surface area contributed by atoms with Crippen LogP contribution in [0.15, 0.2) is 11.6 Å². The lowest BCUT2D eigenvalue weighted by Crippen LogP contribution is -2.66. The molecule has 6 aliphatic rings. The Kier molecular flexibility index (Phi) is 3.77. The van der Waals surface area contributed by atoms with Crippen molar-refractivity contribution in [2.75, 3.05) is 7.05 Å². The first kappa shape index (κ1) is 19.8. The molecule has 2 saturated heterocycles. The second kappa shape index (κ2) is 5.91. The number of rotatable bonds is 1. The fourth-order valence-electron chi connectivity index (χ4n) is 8.69. The number of hydrogen-bond donors (Lipinski definition) is 2. The van der Waals surface area contributed by atoms with Gasteiger partial charge in [0, 0.05) is 42.7 Å². The maximum atomic E-state index is 12.4. The molecule has 7 heteroatoms. The maximum Gasteiger partial charge on any atom is 0.314 e. The largest absolute Gasteiger partial charge is 0.458 e. The zero-order chi connectivity index (χ0) is 21.8. The topological polar surface area (TPSA) is 97.0 Å². The van der Waals surface area contributed by atoms with E-state index >= 15 is 0 Å². The number of fused-ring (bicyclic) bond motifs is 4. The van der Waals surface area contributed by atoms with Crippen LogP contribution in [0.2, 0.25) is 0 Å². The van der Waals surface area contributed by atoms with Crippen LogP contribution in [-0.4, -0.2) is 48.2 Å². The minimum Gasteiger partial charge on any atom is -0.458 e. The summed E-state index contributed by atoms with van der Waals surface area (Å²) >= 11 is 0. The molecule has 168 valence electrons. The lowest BCUT2D eigenvalue weighted by atomic mass is 9.45. The summed E-state index contributed by atoms with van der Waals surface area (Å²) in [6, 6.07) is -0.303. The highest BCUT2D eigenvalue weighted by Gasteiger charge is 2.83. The highest BCUT2D eigenvalue weighted by atomic mass is 16.6. The first-order chi connectivity index (χ1) is 14.7. The quantitative estimate of drug-likeness (QED) is 0.494. The van der Waals surface area contributed by atoms with Crippen molar-refractivity contribution in [3.05, 3.63) is 11.6 Å². The van der Waals surface area contributed by atoms with Crippen LogP contribution in [0.5, 0.6) is 0 Å². The van der Waals surface area contributed by atoms with E-state index in [0.717, 1.165) is 37.7 Å². The van der Waals surface area contributed by atoms with E-state index in [-0.39, 0.29) is 52.3 Å². The average Bonchev–Trinajstić information content (AvgIpc) is 3.21. The van der Waals surface area contributed by atoms with Crippen molar-refractivity contribution in [3.8, 4) is 0 Å². The van der Waals surface area contributed by atoms with E-state index in [1.54, 1.807) is 7.05 Å². The minimum atomic E-state index is -0.399. The molecule has 2 heterocycles. The van der Waals surface area contributed by atoms with Gasteiger partial charge < -0.3 is 20.1 Å². The van der Waals surface area contributed by atoms with Gasteiger partial charge in [0.1, 0.15) is 11.2 Å². The number of ether oxygens (including phenoxy) is 2. The van der Waals surface area contributed by atoms with Gasteiger partial charge >= 0.3 is 12.0 Å². The van der Waals surface area contributed by atoms with Crippen molar-refractivity contribution in [2.24, 2.45) is 22.7 Å². The number of amides is 2. The van der Waals surface area contributed by atoms with Crippen LogP contribution in [0.1, 0.15) is 65.2 Å². The minimum absolute atomic E-state index is 0.0731. The Balaban J connectivity index is 1.46. The van der Waals surface area contributed by atoms with Gasteiger partial charge in [-0.3, -0.25) is 9.59 Å². The predicted molar refractivity (Wildman–Crippen MR) is 111 cm³/mol. The summed E-state index contributed by atoms with van der Waals surface area (Å²) in [5, 5.41) is 5.91. The monoisotopic (exact) mass is 428 g/mol. The number of ketones is 1. The van der Waals surface area contributed by atoms with Crippen molar-refractivity contribution in [3.63, 3.8) is 0 Å². The SMILES string of the molecule is CNC(=O)NC1CC2=CC(=O)CC[C@]2(C)[C@@]23O[C@@H]2C[C@@]2(C)C(CC[C@@]24CCC(=O)O4)C13. The van der Waals surface area contributed by atoms with Crippen LogP contribution < -0.4 is 10.6 Å². The molecular formula is C24H32N2O5. The molecule has 2 amide bonds. The molecule has 0 aromatic carbocycles. The Morgan fingerprint density at radius 2 is 1.97 bits per heavy atom. The van der Waals surface area contributed by atoms with E-state index in [1.807, 2.05) is 6.08 Å². The van der Waals surface area contributed by atoms with E-state index in [9.17, 15) is 14.4 Å².